The molecule has 0 saturated heterocycles. The van der Waals surface area contributed by atoms with Crippen molar-refractivity contribution in [2.24, 2.45) is 0 Å². The number of fused-ring (bicyclic) bond motifs is 10. The first kappa shape index (κ1) is 41.7. The molecule has 0 aromatic heterocycles. The molecule has 0 radical (unpaired) electrons. The largest absolute Gasteiger partial charge is 0.310 e. The second-order valence-electron chi connectivity index (χ2n) is 19.1. The molecule has 0 atom stereocenters. The standard InChI is InChI=1S/C71H47N/c1-3-23-54(24-4-1)71(55-25-5-2-6-26-55)69-35-14-13-33-66(69)67-43-41-58(47-70(67)71)72(57-27-16-21-51(45-57)50-20-15-22-53(44-50)60-34-17-19-49-18-7-8-28-59(49)60)56-39-36-48(37-40-56)52-38-42-65-63-31-10-9-29-61(63)62-30-11-12-32-64(62)68(65)46-52/h1-47H. The average Bonchev–Trinajstić information content (AvgIpc) is 3.76. The van der Waals surface area contributed by atoms with Gasteiger partial charge >= 0.3 is 0 Å². The van der Waals surface area contributed by atoms with E-state index in [0.29, 0.717) is 0 Å². The summed E-state index contributed by atoms with van der Waals surface area (Å²) in [6.07, 6.45) is 0. The van der Waals surface area contributed by atoms with E-state index in [2.05, 4.69) is 290 Å². The summed E-state index contributed by atoms with van der Waals surface area (Å²) in [5.74, 6) is 0. The molecule has 0 N–H and O–H groups in total. The zero-order valence-electron chi connectivity index (χ0n) is 39.6. The molecule has 0 aliphatic heterocycles. The summed E-state index contributed by atoms with van der Waals surface area (Å²) in [5, 5.41) is 10.2. The highest BCUT2D eigenvalue weighted by Crippen LogP contribution is 2.57. The van der Waals surface area contributed by atoms with E-state index >= 15 is 0 Å². The molecule has 14 rings (SSSR count). The van der Waals surface area contributed by atoms with Crippen LogP contribution in [-0.2, 0) is 5.41 Å². The predicted molar refractivity (Wildman–Crippen MR) is 305 cm³/mol. The summed E-state index contributed by atoms with van der Waals surface area (Å²) in [6.45, 7) is 0. The Bertz CT molecular complexity index is 4130. The first-order chi connectivity index (χ1) is 35.7. The SMILES string of the molecule is c1ccc(C2(c3ccccc3)c3ccccc3-c3ccc(N(c4ccc(-c5ccc6c7ccccc7c7ccccc7c6c5)cc4)c4cccc(-c5cccc(-c6cccc7ccccc67)c5)c4)cc32)cc1. The van der Waals surface area contributed by atoms with Crippen LogP contribution in [0.2, 0.25) is 0 Å². The average molecular weight is 914 g/mol. The molecule has 0 bridgehead atoms. The van der Waals surface area contributed by atoms with E-state index in [1.165, 1.54) is 104 Å². The third-order valence-corrected chi connectivity index (χ3v) is 15.3. The van der Waals surface area contributed by atoms with Gasteiger partial charge in [-0.2, -0.15) is 0 Å². The number of hydrogen-bond donors (Lipinski definition) is 0. The smallest absolute Gasteiger partial charge is 0.0714 e. The molecule has 0 spiro atoms. The van der Waals surface area contributed by atoms with E-state index < -0.39 is 5.41 Å². The van der Waals surface area contributed by atoms with E-state index in [1.807, 2.05) is 0 Å². The zero-order chi connectivity index (χ0) is 47.6. The number of anilines is 3. The Balaban J connectivity index is 0.943. The summed E-state index contributed by atoms with van der Waals surface area (Å²) in [7, 11) is 0. The second kappa shape index (κ2) is 17.0. The van der Waals surface area contributed by atoms with Crippen molar-refractivity contribution in [2.45, 2.75) is 5.41 Å². The van der Waals surface area contributed by atoms with Crippen molar-refractivity contribution in [1.82, 2.24) is 0 Å². The summed E-state index contributed by atoms with van der Waals surface area (Å²) >= 11 is 0. The number of benzene rings is 13. The van der Waals surface area contributed by atoms with Crippen molar-refractivity contribution in [3.05, 3.63) is 307 Å². The van der Waals surface area contributed by atoms with Gasteiger partial charge in [0.15, 0.2) is 0 Å². The minimum Gasteiger partial charge on any atom is -0.310 e. The number of nitrogens with zero attached hydrogens (tertiary/aromatic N) is 1. The molecule has 13 aromatic carbocycles. The Morgan fingerprint density at radius 1 is 0.222 bits per heavy atom. The summed E-state index contributed by atoms with van der Waals surface area (Å²) in [5.41, 5.74) is 17.5. The molecule has 1 nitrogen and oxygen atoms in total. The fraction of sp³-hybridized carbons (Fsp3) is 0.0141. The first-order valence-corrected chi connectivity index (χ1v) is 25.0. The molecular formula is C71H47N. The van der Waals surface area contributed by atoms with E-state index in [-0.39, 0.29) is 0 Å². The van der Waals surface area contributed by atoms with Crippen molar-refractivity contribution < 1.29 is 0 Å². The van der Waals surface area contributed by atoms with Crippen molar-refractivity contribution in [3.63, 3.8) is 0 Å². The van der Waals surface area contributed by atoms with E-state index in [9.17, 15) is 0 Å². The minimum absolute atomic E-state index is 0.532. The van der Waals surface area contributed by atoms with Crippen LogP contribution in [0, 0.1) is 0 Å². The highest BCUT2D eigenvalue weighted by molar-refractivity contribution is 6.25. The number of hydrogen-bond acceptors (Lipinski definition) is 1. The van der Waals surface area contributed by atoms with Crippen LogP contribution in [0.5, 0.6) is 0 Å². The lowest BCUT2D eigenvalue weighted by atomic mass is 9.67. The van der Waals surface area contributed by atoms with Crippen molar-refractivity contribution in [1.29, 1.82) is 0 Å². The normalized spacial score (nSPS) is 12.6. The maximum Gasteiger partial charge on any atom is 0.0714 e. The van der Waals surface area contributed by atoms with Gasteiger partial charge < -0.3 is 4.90 Å². The molecular weight excluding hydrogens is 867 g/mol. The Kier molecular flexibility index (Phi) is 9.82. The van der Waals surface area contributed by atoms with Gasteiger partial charge in [0.05, 0.1) is 5.41 Å². The quantitative estimate of drug-likeness (QED) is 0.137. The van der Waals surface area contributed by atoms with Gasteiger partial charge in [-0.15, -0.1) is 0 Å². The molecule has 72 heavy (non-hydrogen) atoms. The maximum atomic E-state index is 2.47. The van der Waals surface area contributed by atoms with E-state index in [1.54, 1.807) is 0 Å². The second-order valence-corrected chi connectivity index (χ2v) is 19.1. The van der Waals surface area contributed by atoms with Gasteiger partial charge in [0.1, 0.15) is 0 Å². The third-order valence-electron chi connectivity index (χ3n) is 15.3. The monoisotopic (exact) mass is 913 g/mol. The summed E-state index contributed by atoms with van der Waals surface area (Å²) < 4.78 is 0. The van der Waals surface area contributed by atoms with Gasteiger partial charge in [0, 0.05) is 17.1 Å². The third kappa shape index (κ3) is 6.63. The van der Waals surface area contributed by atoms with Gasteiger partial charge in [-0.25, -0.2) is 0 Å². The van der Waals surface area contributed by atoms with Gasteiger partial charge in [-0.1, -0.05) is 237 Å². The molecule has 13 aromatic rings. The van der Waals surface area contributed by atoms with Crippen LogP contribution >= 0.6 is 0 Å². The van der Waals surface area contributed by atoms with Crippen molar-refractivity contribution in [3.8, 4) is 44.5 Å². The summed E-state index contributed by atoms with van der Waals surface area (Å²) in [4.78, 5) is 2.45. The Labute approximate surface area is 420 Å². The van der Waals surface area contributed by atoms with Gasteiger partial charge in [-0.3, -0.25) is 0 Å². The highest BCUT2D eigenvalue weighted by Gasteiger charge is 2.46. The maximum absolute atomic E-state index is 2.47. The Morgan fingerprint density at radius 3 is 1.42 bits per heavy atom. The highest BCUT2D eigenvalue weighted by atomic mass is 15.1. The topological polar surface area (TPSA) is 3.24 Å². The van der Waals surface area contributed by atoms with Crippen molar-refractivity contribution in [2.75, 3.05) is 4.90 Å². The first-order valence-electron chi connectivity index (χ1n) is 25.0. The molecule has 0 unspecified atom stereocenters. The van der Waals surface area contributed by atoms with Crippen LogP contribution in [0.1, 0.15) is 22.3 Å². The van der Waals surface area contributed by atoms with Gasteiger partial charge in [0.2, 0.25) is 0 Å². The summed E-state index contributed by atoms with van der Waals surface area (Å²) in [6, 6.07) is 105. The lowest BCUT2D eigenvalue weighted by Gasteiger charge is -2.35. The van der Waals surface area contributed by atoms with Crippen LogP contribution in [0.25, 0.3) is 87.6 Å². The molecule has 0 heterocycles. The van der Waals surface area contributed by atoms with Crippen LogP contribution in [0.4, 0.5) is 17.1 Å². The molecule has 1 aliphatic carbocycles. The number of rotatable bonds is 8. The van der Waals surface area contributed by atoms with E-state index in [4.69, 9.17) is 0 Å². The van der Waals surface area contributed by atoms with Gasteiger partial charge in [0.25, 0.3) is 0 Å². The molecule has 0 amide bonds. The Morgan fingerprint density at radius 2 is 0.694 bits per heavy atom. The lowest BCUT2D eigenvalue weighted by molar-refractivity contribution is 0.768. The van der Waals surface area contributed by atoms with Crippen LogP contribution in [0.15, 0.2) is 285 Å². The minimum atomic E-state index is -0.532. The van der Waals surface area contributed by atoms with Crippen LogP contribution < -0.4 is 4.90 Å². The van der Waals surface area contributed by atoms with Crippen molar-refractivity contribution >= 4 is 60.2 Å². The Hall–Kier alpha value is -9.30. The predicted octanol–water partition coefficient (Wildman–Crippen LogP) is 19.1. The molecule has 0 saturated carbocycles. The fourth-order valence-electron chi connectivity index (χ4n) is 12.1. The van der Waals surface area contributed by atoms with E-state index in [0.717, 1.165) is 22.6 Å². The van der Waals surface area contributed by atoms with Crippen LogP contribution in [0.3, 0.4) is 0 Å². The zero-order valence-corrected chi connectivity index (χ0v) is 39.6. The molecule has 336 valence electrons. The lowest BCUT2D eigenvalue weighted by Crippen LogP contribution is -2.28. The van der Waals surface area contributed by atoms with Crippen LogP contribution in [-0.4, -0.2) is 0 Å². The molecule has 1 heteroatoms. The fourth-order valence-corrected chi connectivity index (χ4v) is 12.1. The molecule has 0 fully saturated rings. The molecule has 1 aliphatic rings. The van der Waals surface area contributed by atoms with Gasteiger partial charge in [-0.05, 0) is 158 Å².